The van der Waals surface area contributed by atoms with Crippen molar-refractivity contribution in [3.05, 3.63) is 29.3 Å². The quantitative estimate of drug-likeness (QED) is 0.821. The maximum absolute atomic E-state index is 14.0. The summed E-state index contributed by atoms with van der Waals surface area (Å²) in [6, 6.07) is 2.56. The van der Waals surface area contributed by atoms with Gasteiger partial charge in [-0.3, -0.25) is 4.90 Å². The third kappa shape index (κ3) is 3.22. The Labute approximate surface area is 112 Å². The molecule has 1 atom stereocenters. The lowest BCUT2D eigenvalue weighted by molar-refractivity contribution is 0.152. The van der Waals surface area contributed by atoms with Gasteiger partial charge in [-0.2, -0.15) is 0 Å². The molecular formula is C14H19F2NO2. The maximum atomic E-state index is 14.0. The van der Waals surface area contributed by atoms with Gasteiger partial charge >= 0.3 is 0 Å². The molecule has 5 heteroatoms. The zero-order valence-corrected chi connectivity index (χ0v) is 11.3. The van der Waals surface area contributed by atoms with Crippen molar-refractivity contribution in [3.8, 4) is 5.75 Å². The van der Waals surface area contributed by atoms with E-state index < -0.39 is 11.6 Å². The zero-order chi connectivity index (χ0) is 13.8. The summed E-state index contributed by atoms with van der Waals surface area (Å²) in [4.78, 5) is 2.05. The van der Waals surface area contributed by atoms with Crippen molar-refractivity contribution in [1.29, 1.82) is 0 Å². The first kappa shape index (κ1) is 14.2. The summed E-state index contributed by atoms with van der Waals surface area (Å²) in [5.41, 5.74) is 0.0809. The highest BCUT2D eigenvalue weighted by Crippen LogP contribution is 2.26. The second-order valence-electron chi connectivity index (χ2n) is 4.89. The molecule has 2 rings (SSSR count). The molecule has 0 N–H and O–H groups in total. The third-order valence-corrected chi connectivity index (χ3v) is 3.52. The second kappa shape index (κ2) is 6.30. The standard InChI is InChI=1S/C14H19F2NO2/c1-18-9-10-5-6-17(7-10)8-11-12(15)3-4-13(19-2)14(11)16/h3-4,10H,5-9H2,1-2H3. The Bertz CT molecular complexity index is 440. The highest BCUT2D eigenvalue weighted by molar-refractivity contribution is 5.32. The number of ether oxygens (including phenoxy) is 2. The van der Waals surface area contributed by atoms with Crippen molar-refractivity contribution in [2.24, 2.45) is 5.92 Å². The molecule has 0 aromatic heterocycles. The lowest BCUT2D eigenvalue weighted by Gasteiger charge is -2.17. The van der Waals surface area contributed by atoms with Gasteiger partial charge in [-0.25, -0.2) is 8.78 Å². The van der Waals surface area contributed by atoms with E-state index in [4.69, 9.17) is 9.47 Å². The minimum atomic E-state index is -0.599. The molecule has 1 aromatic carbocycles. The predicted octanol–water partition coefficient (Wildman–Crippen LogP) is 2.44. The average Bonchev–Trinajstić information content (AvgIpc) is 2.83. The fourth-order valence-electron chi connectivity index (χ4n) is 2.53. The largest absolute Gasteiger partial charge is 0.494 e. The van der Waals surface area contributed by atoms with Gasteiger partial charge in [-0.15, -0.1) is 0 Å². The smallest absolute Gasteiger partial charge is 0.172 e. The molecule has 3 nitrogen and oxygen atoms in total. The Hall–Kier alpha value is -1.20. The highest BCUT2D eigenvalue weighted by atomic mass is 19.1. The van der Waals surface area contributed by atoms with E-state index in [2.05, 4.69) is 0 Å². The van der Waals surface area contributed by atoms with Crippen molar-refractivity contribution >= 4 is 0 Å². The van der Waals surface area contributed by atoms with Crippen LogP contribution in [0.25, 0.3) is 0 Å². The molecule has 1 heterocycles. The van der Waals surface area contributed by atoms with E-state index in [0.717, 1.165) is 19.5 Å². The SMILES string of the molecule is COCC1CCN(Cc2c(F)ccc(OC)c2F)C1. The number of nitrogens with zero attached hydrogens (tertiary/aromatic N) is 1. The van der Waals surface area contributed by atoms with Crippen molar-refractivity contribution in [1.82, 2.24) is 4.90 Å². The molecule has 1 aliphatic heterocycles. The van der Waals surface area contributed by atoms with E-state index >= 15 is 0 Å². The van der Waals surface area contributed by atoms with Crippen LogP contribution in [0.2, 0.25) is 0 Å². The number of hydrogen-bond acceptors (Lipinski definition) is 3. The van der Waals surface area contributed by atoms with E-state index in [1.54, 1.807) is 7.11 Å². The number of benzene rings is 1. The Morgan fingerprint density at radius 1 is 1.32 bits per heavy atom. The lowest BCUT2D eigenvalue weighted by Crippen LogP contribution is -2.22. The van der Waals surface area contributed by atoms with E-state index in [1.165, 1.54) is 19.2 Å². The van der Waals surface area contributed by atoms with Crippen LogP contribution in [0.1, 0.15) is 12.0 Å². The summed E-state index contributed by atoms with van der Waals surface area (Å²) in [6.45, 7) is 2.61. The van der Waals surface area contributed by atoms with Crippen molar-refractivity contribution in [3.63, 3.8) is 0 Å². The molecule has 0 bridgehead atoms. The topological polar surface area (TPSA) is 21.7 Å². The monoisotopic (exact) mass is 271 g/mol. The summed E-state index contributed by atoms with van der Waals surface area (Å²) in [5.74, 6) is -0.586. The second-order valence-corrected chi connectivity index (χ2v) is 4.89. The first-order valence-corrected chi connectivity index (χ1v) is 6.37. The summed E-state index contributed by atoms with van der Waals surface area (Å²) in [7, 11) is 3.05. The molecule has 0 amide bonds. The molecule has 0 saturated carbocycles. The van der Waals surface area contributed by atoms with Gasteiger partial charge in [0.2, 0.25) is 0 Å². The zero-order valence-electron chi connectivity index (χ0n) is 11.3. The molecule has 106 valence electrons. The van der Waals surface area contributed by atoms with Crippen LogP contribution in [-0.4, -0.2) is 38.8 Å². The van der Waals surface area contributed by atoms with Crippen LogP contribution >= 0.6 is 0 Å². The number of halogens is 2. The fraction of sp³-hybridized carbons (Fsp3) is 0.571. The molecule has 0 aliphatic carbocycles. The van der Waals surface area contributed by atoms with Crippen LogP contribution in [-0.2, 0) is 11.3 Å². The molecule has 1 unspecified atom stereocenters. The van der Waals surface area contributed by atoms with Crippen LogP contribution < -0.4 is 4.74 Å². The number of methoxy groups -OCH3 is 2. The molecule has 0 spiro atoms. The summed E-state index contributed by atoms with van der Waals surface area (Å²) < 4.78 is 37.7. The molecule has 1 fully saturated rings. The minimum absolute atomic E-state index is 0.0809. The molecule has 1 aromatic rings. The summed E-state index contributed by atoms with van der Waals surface area (Å²) in [6.07, 6.45) is 1.00. The van der Waals surface area contributed by atoms with Gasteiger partial charge in [0.05, 0.1) is 13.7 Å². The Balaban J connectivity index is 2.07. The molecular weight excluding hydrogens is 252 g/mol. The minimum Gasteiger partial charge on any atom is -0.494 e. The normalized spacial score (nSPS) is 19.9. The van der Waals surface area contributed by atoms with Crippen molar-refractivity contribution in [2.45, 2.75) is 13.0 Å². The Kier molecular flexibility index (Phi) is 4.71. The fourth-order valence-corrected chi connectivity index (χ4v) is 2.53. The van der Waals surface area contributed by atoms with Crippen molar-refractivity contribution in [2.75, 3.05) is 33.9 Å². The van der Waals surface area contributed by atoms with E-state index in [-0.39, 0.29) is 17.9 Å². The van der Waals surface area contributed by atoms with E-state index in [9.17, 15) is 8.78 Å². The summed E-state index contributed by atoms with van der Waals surface area (Å²) >= 11 is 0. The van der Waals surface area contributed by atoms with Gasteiger partial charge < -0.3 is 9.47 Å². The average molecular weight is 271 g/mol. The predicted molar refractivity (Wildman–Crippen MR) is 68.2 cm³/mol. The maximum Gasteiger partial charge on any atom is 0.172 e. The van der Waals surface area contributed by atoms with Crippen molar-refractivity contribution < 1.29 is 18.3 Å². The lowest BCUT2D eigenvalue weighted by atomic mass is 10.1. The van der Waals surface area contributed by atoms with Gasteiger partial charge in [0.15, 0.2) is 11.6 Å². The first-order valence-electron chi connectivity index (χ1n) is 6.37. The number of likely N-dealkylation sites (tertiary alicyclic amines) is 1. The van der Waals surface area contributed by atoms with Gasteiger partial charge in [-0.1, -0.05) is 0 Å². The van der Waals surface area contributed by atoms with Gasteiger partial charge in [0, 0.05) is 25.8 Å². The van der Waals surface area contributed by atoms with Gasteiger partial charge in [0.1, 0.15) is 5.82 Å². The van der Waals surface area contributed by atoms with Gasteiger partial charge in [0.25, 0.3) is 0 Å². The highest BCUT2D eigenvalue weighted by Gasteiger charge is 2.25. The van der Waals surface area contributed by atoms with Crippen LogP contribution in [0.5, 0.6) is 5.75 Å². The van der Waals surface area contributed by atoms with Crippen LogP contribution in [0.4, 0.5) is 8.78 Å². The first-order chi connectivity index (χ1) is 9.15. The number of rotatable bonds is 5. The Morgan fingerprint density at radius 3 is 2.79 bits per heavy atom. The third-order valence-electron chi connectivity index (χ3n) is 3.52. The van der Waals surface area contributed by atoms with E-state index in [1.807, 2.05) is 4.90 Å². The van der Waals surface area contributed by atoms with Crippen LogP contribution in [0.3, 0.4) is 0 Å². The molecule has 1 aliphatic rings. The van der Waals surface area contributed by atoms with Gasteiger partial charge in [-0.05, 0) is 31.0 Å². The van der Waals surface area contributed by atoms with E-state index in [0.29, 0.717) is 12.5 Å². The summed E-state index contributed by atoms with van der Waals surface area (Å²) in [5, 5.41) is 0. The van der Waals surface area contributed by atoms with Crippen LogP contribution in [0, 0.1) is 17.6 Å². The molecule has 19 heavy (non-hydrogen) atoms. The molecule has 1 saturated heterocycles. The van der Waals surface area contributed by atoms with Crippen LogP contribution in [0.15, 0.2) is 12.1 Å². The Morgan fingerprint density at radius 2 is 2.11 bits per heavy atom. The number of hydrogen-bond donors (Lipinski definition) is 0. The molecule has 0 radical (unpaired) electrons.